The first-order valence-electron chi connectivity index (χ1n) is 18.3. The lowest BCUT2D eigenvalue weighted by molar-refractivity contribution is 0.442. The average Bonchev–Trinajstić information content (AvgIpc) is 4.02. The predicted molar refractivity (Wildman–Crippen MR) is 217 cm³/mol. The van der Waals surface area contributed by atoms with E-state index >= 15 is 0 Å². The molecule has 0 fully saturated rings. The maximum atomic E-state index is 12.9. The van der Waals surface area contributed by atoms with Gasteiger partial charge in [0.05, 0.1) is 51.6 Å². The minimum Gasteiger partial charge on any atom is -0.469 e. The third kappa shape index (κ3) is 5.23. The van der Waals surface area contributed by atoms with Gasteiger partial charge in [-0.3, -0.25) is 0 Å². The molecule has 1 aliphatic carbocycles. The Labute approximate surface area is 314 Å². The van der Waals surface area contributed by atoms with Crippen LogP contribution in [0.4, 0.5) is 0 Å². The first-order valence-corrected chi connectivity index (χ1v) is 18.3. The molecule has 54 heavy (non-hydrogen) atoms. The SMILES string of the molecule is OC1=C2c3cccc[cH+]c3/C1=C(\c1ccccc1)c1ccc([nH]1)[C+](c1ccccc1)c1ccc([nH]1)[C+](c1ccccc1)c1ccc([nH]1)[C+]2c1ccccc1. The van der Waals surface area contributed by atoms with Crippen LogP contribution in [0, 0.1) is 17.8 Å². The Morgan fingerprint density at radius 2 is 0.852 bits per heavy atom. The molecule has 5 aromatic carbocycles. The van der Waals surface area contributed by atoms with Crippen molar-refractivity contribution in [3.8, 4) is 0 Å². The van der Waals surface area contributed by atoms with Gasteiger partial charge in [0.1, 0.15) is 57.0 Å². The van der Waals surface area contributed by atoms with Crippen LogP contribution < -0.4 is 0 Å². The van der Waals surface area contributed by atoms with Crippen molar-refractivity contribution in [2.45, 2.75) is 0 Å². The number of rotatable bonds is 4. The molecule has 0 unspecified atom stereocenters. The molecule has 0 atom stereocenters. The number of aliphatic hydroxyl groups is 1. The fraction of sp³-hybridized carbons (Fsp3) is 0. The number of benzene rings is 4. The highest BCUT2D eigenvalue weighted by Crippen LogP contribution is 2.52. The van der Waals surface area contributed by atoms with Crippen LogP contribution in [0.3, 0.4) is 0 Å². The number of hydrogen-bond donors (Lipinski definition) is 4. The van der Waals surface area contributed by atoms with Crippen LogP contribution in [-0.2, 0) is 0 Å². The van der Waals surface area contributed by atoms with E-state index in [1.807, 2.05) is 30.3 Å². The summed E-state index contributed by atoms with van der Waals surface area (Å²) in [6.07, 6.45) is 0. The fourth-order valence-corrected chi connectivity index (χ4v) is 8.13. The largest absolute Gasteiger partial charge is 0.469 e. The number of H-pyrrole nitrogens is 3. The second kappa shape index (κ2) is 13.0. The van der Waals surface area contributed by atoms with Crippen LogP contribution >= 0.6 is 0 Å². The van der Waals surface area contributed by atoms with E-state index in [1.165, 1.54) is 0 Å². The number of hydrogen-bond acceptors (Lipinski definition) is 1. The number of aliphatic hydroxyl groups excluding tert-OH is 1. The van der Waals surface area contributed by atoms with Gasteiger partial charge >= 0.3 is 0 Å². The van der Waals surface area contributed by atoms with E-state index in [-0.39, 0.29) is 5.76 Å². The van der Waals surface area contributed by atoms with Crippen molar-refractivity contribution in [2.24, 2.45) is 0 Å². The average molecular weight is 694 g/mol. The number of nitrogens with one attached hydrogen (secondary N) is 3. The molecule has 0 radical (unpaired) electrons. The Bertz CT molecular complexity index is 2670. The van der Waals surface area contributed by atoms with Gasteiger partial charge in [0.2, 0.25) is 5.76 Å². The Hall–Kier alpha value is -7.30. The molecule has 8 aromatic rings. The molecule has 3 aromatic heterocycles. The second-order valence-electron chi connectivity index (χ2n) is 13.7. The van der Waals surface area contributed by atoms with Crippen LogP contribution in [0.25, 0.3) is 16.7 Å². The number of aromatic amines is 3. The van der Waals surface area contributed by atoms with E-state index in [0.29, 0.717) is 0 Å². The smallest absolute Gasteiger partial charge is 0.229 e. The van der Waals surface area contributed by atoms with Crippen molar-refractivity contribution in [1.82, 2.24) is 15.0 Å². The maximum Gasteiger partial charge on any atom is 0.229 e. The van der Waals surface area contributed by atoms with Crippen molar-refractivity contribution in [3.63, 3.8) is 0 Å². The van der Waals surface area contributed by atoms with Crippen LogP contribution in [0.15, 0.2) is 194 Å². The number of aromatic nitrogens is 3. The summed E-state index contributed by atoms with van der Waals surface area (Å²) in [5, 5.41) is 12.9. The van der Waals surface area contributed by atoms with E-state index in [1.54, 1.807) is 0 Å². The van der Waals surface area contributed by atoms with Gasteiger partial charge in [-0.05, 0) is 90.5 Å². The number of fused-ring (bicyclic) bond motifs is 10. The Kier molecular flexibility index (Phi) is 7.59. The molecule has 4 heterocycles. The Morgan fingerprint density at radius 3 is 1.41 bits per heavy atom. The van der Waals surface area contributed by atoms with Crippen LogP contribution in [-0.4, -0.2) is 20.1 Å². The molecule has 0 saturated carbocycles. The molecule has 0 amide bonds. The van der Waals surface area contributed by atoms with Crippen molar-refractivity contribution in [1.29, 1.82) is 0 Å². The summed E-state index contributed by atoms with van der Waals surface area (Å²) >= 11 is 0. The van der Waals surface area contributed by atoms with Crippen molar-refractivity contribution in [2.75, 3.05) is 0 Å². The summed E-state index contributed by atoms with van der Waals surface area (Å²) < 4.78 is 0. The van der Waals surface area contributed by atoms with E-state index in [2.05, 4.69) is 173 Å². The third-order valence-electron chi connectivity index (χ3n) is 10.5. The zero-order chi connectivity index (χ0) is 36.0. The molecule has 10 rings (SSSR count). The molecule has 0 spiro atoms. The quantitative estimate of drug-likeness (QED) is 0.136. The molecule has 4 nitrogen and oxygen atoms in total. The van der Waals surface area contributed by atoms with E-state index in [0.717, 1.165) is 102 Å². The molecule has 252 valence electrons. The van der Waals surface area contributed by atoms with Crippen LogP contribution in [0.1, 0.15) is 67.5 Å². The van der Waals surface area contributed by atoms with E-state index < -0.39 is 0 Å². The summed E-state index contributed by atoms with van der Waals surface area (Å²) in [6, 6.07) is 65.1. The minimum atomic E-state index is 0.236. The predicted octanol–water partition coefficient (Wildman–Crippen LogP) is 11.2. The lowest BCUT2D eigenvalue weighted by Gasteiger charge is -2.14. The number of allylic oxidation sites excluding steroid dienone is 2. The van der Waals surface area contributed by atoms with Crippen molar-refractivity contribution >= 4 is 16.7 Å². The molecular weight excluding hydrogens is 659 g/mol. The molecule has 2 aliphatic rings. The summed E-state index contributed by atoms with van der Waals surface area (Å²) in [7, 11) is 0. The van der Waals surface area contributed by atoms with Crippen molar-refractivity contribution in [3.05, 3.63) is 279 Å². The third-order valence-corrected chi connectivity index (χ3v) is 10.5. The molecule has 8 bridgehead atoms. The van der Waals surface area contributed by atoms with E-state index in [9.17, 15) is 5.11 Å². The highest BCUT2D eigenvalue weighted by molar-refractivity contribution is 6.14. The summed E-state index contributed by atoms with van der Waals surface area (Å²) in [4.78, 5) is 11.6. The first kappa shape index (κ1) is 31.4. The highest BCUT2D eigenvalue weighted by atomic mass is 16.3. The molecule has 1 aliphatic heterocycles. The van der Waals surface area contributed by atoms with Gasteiger partial charge in [0.15, 0.2) is 0 Å². The van der Waals surface area contributed by atoms with Crippen LogP contribution in [0.5, 0.6) is 0 Å². The molecule has 4 heteroatoms. The zero-order valence-corrected chi connectivity index (χ0v) is 29.3. The Balaban J connectivity index is 1.33. The van der Waals surface area contributed by atoms with Gasteiger partial charge in [0, 0.05) is 60.7 Å². The molecule has 0 saturated heterocycles. The highest BCUT2D eigenvalue weighted by Gasteiger charge is 2.45. The molecular formula is C50H35N3O+4. The van der Waals surface area contributed by atoms with E-state index in [4.69, 9.17) is 0 Å². The van der Waals surface area contributed by atoms with Gasteiger partial charge < -0.3 is 20.1 Å². The summed E-state index contributed by atoms with van der Waals surface area (Å²) in [5.41, 5.74) is 14.3. The van der Waals surface area contributed by atoms with Gasteiger partial charge in [0.25, 0.3) is 0 Å². The van der Waals surface area contributed by atoms with Crippen molar-refractivity contribution < 1.29 is 5.11 Å². The monoisotopic (exact) mass is 693 g/mol. The van der Waals surface area contributed by atoms with Gasteiger partial charge in [-0.1, -0.05) is 30.3 Å². The molecule has 4 N–H and O–H groups in total. The first-order chi connectivity index (χ1) is 26.7. The summed E-state index contributed by atoms with van der Waals surface area (Å²) in [5.74, 6) is 3.26. The van der Waals surface area contributed by atoms with Gasteiger partial charge in [-0.2, -0.15) is 0 Å². The zero-order valence-electron chi connectivity index (χ0n) is 29.3. The topological polar surface area (TPSA) is 67.6 Å². The summed E-state index contributed by atoms with van der Waals surface area (Å²) in [6.45, 7) is 0. The maximum absolute atomic E-state index is 12.9. The van der Waals surface area contributed by atoms with Crippen LogP contribution in [0.2, 0.25) is 0 Å². The van der Waals surface area contributed by atoms with Gasteiger partial charge in [-0.25, -0.2) is 0 Å². The van der Waals surface area contributed by atoms with Gasteiger partial charge in [-0.15, -0.1) is 0 Å². The Morgan fingerprint density at radius 1 is 0.407 bits per heavy atom. The lowest BCUT2D eigenvalue weighted by atomic mass is 9.85. The normalized spacial score (nSPS) is 15.1. The standard InChI is InChI=1S/C50H34N3O/c54-50-48-36-24-14-5-15-25-37(36)49(50)47(35-22-12-4-13-23-35)43-31-29-41(53-43)45(33-18-8-2-9-19-33)39-27-26-38(51-39)44(32-16-6-1-7-17-32)40-28-30-42(52-40)46(48)34-20-10-3-11-21-34/h1-31,51-53H/q+3/p+1/b48-46-. The second-order valence-corrected chi connectivity index (χ2v) is 13.7. The lowest BCUT2D eigenvalue weighted by Crippen LogP contribution is -2.10. The minimum absolute atomic E-state index is 0.236. The fourth-order valence-electron chi connectivity index (χ4n) is 8.13.